The molecule has 1 amide bonds. The van der Waals surface area contributed by atoms with Crippen molar-refractivity contribution in [2.24, 2.45) is 0 Å². The van der Waals surface area contributed by atoms with Crippen LogP contribution in [-0.4, -0.2) is 17.7 Å². The van der Waals surface area contributed by atoms with Crippen molar-refractivity contribution in [3.63, 3.8) is 0 Å². The Hall–Kier alpha value is -2.37. The summed E-state index contributed by atoms with van der Waals surface area (Å²) >= 11 is 0. The van der Waals surface area contributed by atoms with E-state index in [1.54, 1.807) is 19.1 Å². The number of halogens is 1. The van der Waals surface area contributed by atoms with Gasteiger partial charge in [-0.05, 0) is 31.9 Å². The lowest BCUT2D eigenvalue weighted by atomic mass is 9.81. The summed E-state index contributed by atoms with van der Waals surface area (Å²) in [6, 6.07) is 5.96. The fraction of sp³-hybridized carbons (Fsp3) is 0.444. The summed E-state index contributed by atoms with van der Waals surface area (Å²) in [5.74, 6) is -0.894. The number of nitrogens with zero attached hydrogens (tertiary/aromatic N) is 1. The zero-order chi connectivity index (χ0) is 17.7. The number of rotatable bonds is 7. The first-order valence-corrected chi connectivity index (χ1v) is 8.15. The lowest BCUT2D eigenvalue weighted by molar-refractivity contribution is 0.101. The van der Waals surface area contributed by atoms with E-state index in [2.05, 4.69) is 31.2 Å². The number of anilines is 1. The SMILES string of the molecule is CCOc1cccc(F)c1C(=O)Nc1cc(C(C)(CC)CC)no1. The van der Waals surface area contributed by atoms with Gasteiger partial charge in [-0.3, -0.25) is 10.1 Å². The van der Waals surface area contributed by atoms with Crippen LogP contribution in [0.5, 0.6) is 5.75 Å². The Kier molecular flexibility index (Phi) is 5.59. The van der Waals surface area contributed by atoms with Crippen LogP contribution in [0.15, 0.2) is 28.8 Å². The van der Waals surface area contributed by atoms with E-state index in [-0.39, 0.29) is 22.6 Å². The van der Waals surface area contributed by atoms with E-state index in [0.29, 0.717) is 6.61 Å². The van der Waals surface area contributed by atoms with Gasteiger partial charge in [0, 0.05) is 11.5 Å². The van der Waals surface area contributed by atoms with Gasteiger partial charge in [0.05, 0.1) is 12.3 Å². The molecule has 0 aliphatic heterocycles. The van der Waals surface area contributed by atoms with Gasteiger partial charge in [0.2, 0.25) is 5.88 Å². The van der Waals surface area contributed by atoms with Crippen LogP contribution < -0.4 is 10.1 Å². The molecule has 1 aromatic carbocycles. The van der Waals surface area contributed by atoms with Gasteiger partial charge < -0.3 is 9.26 Å². The summed E-state index contributed by atoms with van der Waals surface area (Å²) < 4.78 is 24.6. The Morgan fingerprint density at radius 1 is 1.33 bits per heavy atom. The van der Waals surface area contributed by atoms with Crippen molar-refractivity contribution in [2.45, 2.75) is 46.0 Å². The van der Waals surface area contributed by atoms with Gasteiger partial charge in [-0.2, -0.15) is 0 Å². The lowest BCUT2D eigenvalue weighted by Crippen LogP contribution is -2.19. The molecule has 0 bridgehead atoms. The average Bonchev–Trinajstić information content (AvgIpc) is 3.03. The van der Waals surface area contributed by atoms with Gasteiger partial charge in [-0.1, -0.05) is 32.0 Å². The zero-order valence-electron chi connectivity index (χ0n) is 14.5. The summed E-state index contributed by atoms with van der Waals surface area (Å²) in [4.78, 5) is 12.4. The Morgan fingerprint density at radius 3 is 2.67 bits per heavy atom. The average molecular weight is 334 g/mol. The molecular formula is C18H23FN2O3. The number of benzene rings is 1. The molecule has 2 rings (SSSR count). The fourth-order valence-electron chi connectivity index (χ4n) is 2.41. The van der Waals surface area contributed by atoms with Crippen LogP contribution in [0.4, 0.5) is 10.3 Å². The predicted molar refractivity (Wildman–Crippen MR) is 90.0 cm³/mol. The molecule has 0 fully saturated rings. The van der Waals surface area contributed by atoms with E-state index in [1.165, 1.54) is 12.1 Å². The van der Waals surface area contributed by atoms with E-state index in [1.807, 2.05) is 0 Å². The number of carbonyl (C=O) groups is 1. The molecule has 0 aliphatic carbocycles. The molecule has 6 heteroatoms. The molecule has 5 nitrogen and oxygen atoms in total. The molecule has 0 saturated heterocycles. The highest BCUT2D eigenvalue weighted by molar-refractivity contribution is 6.05. The maximum absolute atomic E-state index is 14.0. The maximum Gasteiger partial charge on any atom is 0.264 e. The molecule has 24 heavy (non-hydrogen) atoms. The Balaban J connectivity index is 2.24. The Labute approximate surface area is 141 Å². The van der Waals surface area contributed by atoms with E-state index >= 15 is 0 Å². The molecule has 0 atom stereocenters. The summed E-state index contributed by atoms with van der Waals surface area (Å²) in [6.45, 7) is 8.34. The number of aromatic nitrogens is 1. The number of hydrogen-bond donors (Lipinski definition) is 1. The summed E-state index contributed by atoms with van der Waals surface area (Å²) in [7, 11) is 0. The number of nitrogens with one attached hydrogen (secondary N) is 1. The molecular weight excluding hydrogens is 311 g/mol. The van der Waals surface area contributed by atoms with Crippen LogP contribution in [0.3, 0.4) is 0 Å². The minimum Gasteiger partial charge on any atom is -0.493 e. The monoisotopic (exact) mass is 334 g/mol. The Bertz CT molecular complexity index is 708. The fourth-order valence-corrected chi connectivity index (χ4v) is 2.41. The van der Waals surface area contributed by atoms with E-state index in [9.17, 15) is 9.18 Å². The van der Waals surface area contributed by atoms with Gasteiger partial charge in [0.1, 0.15) is 17.1 Å². The van der Waals surface area contributed by atoms with Gasteiger partial charge in [-0.15, -0.1) is 0 Å². The first-order valence-electron chi connectivity index (χ1n) is 8.15. The highest BCUT2D eigenvalue weighted by atomic mass is 19.1. The lowest BCUT2D eigenvalue weighted by Gasteiger charge is -2.22. The minimum atomic E-state index is -0.648. The highest BCUT2D eigenvalue weighted by Crippen LogP contribution is 2.32. The third-order valence-corrected chi connectivity index (χ3v) is 4.43. The number of amides is 1. The maximum atomic E-state index is 14.0. The zero-order valence-corrected chi connectivity index (χ0v) is 14.5. The second-order valence-electron chi connectivity index (χ2n) is 5.84. The normalized spacial score (nSPS) is 11.4. The van der Waals surface area contributed by atoms with Gasteiger partial charge >= 0.3 is 0 Å². The van der Waals surface area contributed by atoms with Crippen molar-refractivity contribution in [3.05, 3.63) is 41.3 Å². The molecule has 0 aliphatic rings. The van der Waals surface area contributed by atoms with Gasteiger partial charge in [0.15, 0.2) is 0 Å². The molecule has 130 valence electrons. The predicted octanol–water partition coefficient (Wildman–Crippen LogP) is 4.54. The first kappa shape index (κ1) is 18.0. The Morgan fingerprint density at radius 2 is 2.04 bits per heavy atom. The number of ether oxygens (including phenoxy) is 1. The second kappa shape index (κ2) is 7.47. The van der Waals surface area contributed by atoms with Crippen molar-refractivity contribution < 1.29 is 18.4 Å². The van der Waals surface area contributed by atoms with Crippen molar-refractivity contribution in [2.75, 3.05) is 11.9 Å². The first-order chi connectivity index (χ1) is 11.4. The molecule has 2 aromatic rings. The molecule has 0 unspecified atom stereocenters. The van der Waals surface area contributed by atoms with Gasteiger partial charge in [-0.25, -0.2) is 4.39 Å². The van der Waals surface area contributed by atoms with Crippen LogP contribution in [-0.2, 0) is 5.41 Å². The van der Waals surface area contributed by atoms with Crippen LogP contribution in [0, 0.1) is 5.82 Å². The van der Waals surface area contributed by atoms with Crippen molar-refractivity contribution >= 4 is 11.8 Å². The largest absolute Gasteiger partial charge is 0.493 e. The van der Waals surface area contributed by atoms with Crippen molar-refractivity contribution in [3.8, 4) is 5.75 Å². The van der Waals surface area contributed by atoms with E-state index < -0.39 is 11.7 Å². The third-order valence-electron chi connectivity index (χ3n) is 4.43. The molecule has 1 aromatic heterocycles. The van der Waals surface area contributed by atoms with Crippen LogP contribution in [0.2, 0.25) is 0 Å². The smallest absolute Gasteiger partial charge is 0.264 e. The molecule has 1 heterocycles. The molecule has 0 spiro atoms. The van der Waals surface area contributed by atoms with Gasteiger partial charge in [0.25, 0.3) is 5.91 Å². The minimum absolute atomic E-state index is 0.124. The summed E-state index contributed by atoms with van der Waals surface area (Å²) in [5, 5.41) is 6.59. The van der Waals surface area contributed by atoms with Crippen LogP contribution >= 0.6 is 0 Å². The summed E-state index contributed by atoms with van der Waals surface area (Å²) in [5.41, 5.74) is 0.494. The van der Waals surface area contributed by atoms with Crippen molar-refractivity contribution in [1.29, 1.82) is 0 Å². The standard InChI is InChI=1S/C18H23FN2O3/c1-5-18(4,6-2)14-11-15(24-21-14)20-17(22)16-12(19)9-8-10-13(16)23-7-3/h8-11H,5-7H2,1-4H3,(H,20,22). The quantitative estimate of drug-likeness (QED) is 0.807. The highest BCUT2D eigenvalue weighted by Gasteiger charge is 2.27. The van der Waals surface area contributed by atoms with Crippen molar-refractivity contribution in [1.82, 2.24) is 5.16 Å². The van der Waals surface area contributed by atoms with Crippen LogP contribution in [0.1, 0.15) is 56.6 Å². The third kappa shape index (κ3) is 3.58. The van der Waals surface area contributed by atoms with E-state index in [4.69, 9.17) is 9.26 Å². The molecule has 0 radical (unpaired) electrons. The number of hydrogen-bond acceptors (Lipinski definition) is 4. The summed E-state index contributed by atoms with van der Waals surface area (Å²) in [6.07, 6.45) is 1.79. The number of carbonyl (C=O) groups excluding carboxylic acids is 1. The second-order valence-corrected chi connectivity index (χ2v) is 5.84. The van der Waals surface area contributed by atoms with E-state index in [0.717, 1.165) is 18.5 Å². The molecule has 1 N–H and O–H groups in total. The molecule has 0 saturated carbocycles. The van der Waals surface area contributed by atoms with Crippen LogP contribution in [0.25, 0.3) is 0 Å². The topological polar surface area (TPSA) is 64.4 Å².